The van der Waals surface area contributed by atoms with Gasteiger partial charge < -0.3 is 14.3 Å². The van der Waals surface area contributed by atoms with Crippen LogP contribution in [0.4, 0.5) is 0 Å². The summed E-state index contributed by atoms with van der Waals surface area (Å²) >= 11 is 0. The van der Waals surface area contributed by atoms with Gasteiger partial charge in [-0.25, -0.2) is 14.8 Å². The molecule has 0 aliphatic rings. The fraction of sp³-hybridized carbons (Fsp3) is 0.214. The minimum atomic E-state index is -0.467. The van der Waals surface area contributed by atoms with Gasteiger partial charge in [-0.1, -0.05) is 6.07 Å². The summed E-state index contributed by atoms with van der Waals surface area (Å²) in [4.78, 5) is 22.7. The molecule has 0 amide bonds. The third kappa shape index (κ3) is 2.05. The number of rotatable bonds is 3. The zero-order chi connectivity index (χ0) is 14.1. The highest BCUT2D eigenvalue weighted by Gasteiger charge is 2.13. The van der Waals surface area contributed by atoms with Crippen LogP contribution in [0.5, 0.6) is 0 Å². The Hall–Kier alpha value is -2.63. The first-order valence-corrected chi connectivity index (χ1v) is 6.24. The molecular formula is C14H14N4O2. The highest BCUT2D eigenvalue weighted by atomic mass is 16.5. The van der Waals surface area contributed by atoms with Crippen LogP contribution in [0.25, 0.3) is 11.0 Å². The first-order valence-electron chi connectivity index (χ1n) is 6.24. The summed E-state index contributed by atoms with van der Waals surface area (Å²) < 4.78 is 6.67. The number of carbonyl (C=O) groups is 1. The average Bonchev–Trinajstić information content (AvgIpc) is 3.13. The summed E-state index contributed by atoms with van der Waals surface area (Å²) in [6, 6.07) is 6.03. The Labute approximate surface area is 115 Å². The van der Waals surface area contributed by atoms with Crippen molar-refractivity contribution >= 4 is 17.0 Å². The van der Waals surface area contributed by atoms with E-state index in [0.717, 1.165) is 16.6 Å². The van der Waals surface area contributed by atoms with Crippen LogP contribution in [-0.2, 0) is 4.74 Å². The number of fused-ring (bicyclic) bond motifs is 1. The molecule has 0 saturated heterocycles. The lowest BCUT2D eigenvalue weighted by Gasteiger charge is -2.13. The molecule has 3 rings (SSSR count). The van der Waals surface area contributed by atoms with E-state index in [1.54, 1.807) is 12.5 Å². The number of esters is 1. The van der Waals surface area contributed by atoms with Crippen LogP contribution in [0.15, 0.2) is 36.9 Å². The van der Waals surface area contributed by atoms with E-state index in [0.29, 0.717) is 0 Å². The van der Waals surface area contributed by atoms with E-state index < -0.39 is 5.97 Å². The highest BCUT2D eigenvalue weighted by Crippen LogP contribution is 2.21. The Kier molecular flexibility index (Phi) is 2.98. The lowest BCUT2D eigenvalue weighted by molar-refractivity contribution is 0.0588. The molecule has 1 aromatic carbocycles. The molecule has 1 atom stereocenters. The number of methoxy groups -OCH3 is 1. The fourth-order valence-electron chi connectivity index (χ4n) is 2.15. The Morgan fingerprint density at radius 3 is 3.00 bits per heavy atom. The van der Waals surface area contributed by atoms with Crippen molar-refractivity contribution in [2.24, 2.45) is 0 Å². The standard InChI is InChI=1S/C14H14N4O2/c1-9(18-6-5-15-8-18)10-3-4-11-12(7-10)17-13(16-11)14(19)20-2/h3-9H,1-2H3,(H,16,17). The number of hydrogen-bond donors (Lipinski definition) is 1. The van der Waals surface area contributed by atoms with Crippen molar-refractivity contribution in [2.45, 2.75) is 13.0 Å². The molecule has 20 heavy (non-hydrogen) atoms. The summed E-state index contributed by atoms with van der Waals surface area (Å²) in [6.45, 7) is 2.08. The van der Waals surface area contributed by atoms with Gasteiger partial charge in [0.2, 0.25) is 5.82 Å². The van der Waals surface area contributed by atoms with Gasteiger partial charge in [-0.15, -0.1) is 0 Å². The highest BCUT2D eigenvalue weighted by molar-refractivity contribution is 5.90. The summed E-state index contributed by atoms with van der Waals surface area (Å²) in [7, 11) is 1.34. The number of aromatic nitrogens is 4. The van der Waals surface area contributed by atoms with Crippen LogP contribution in [0, 0.1) is 0 Å². The number of H-pyrrole nitrogens is 1. The lowest BCUT2D eigenvalue weighted by atomic mass is 10.1. The van der Waals surface area contributed by atoms with Crippen LogP contribution in [0.1, 0.15) is 29.1 Å². The van der Waals surface area contributed by atoms with E-state index in [9.17, 15) is 4.79 Å². The van der Waals surface area contributed by atoms with E-state index in [1.807, 2.05) is 29.0 Å². The van der Waals surface area contributed by atoms with E-state index in [4.69, 9.17) is 0 Å². The van der Waals surface area contributed by atoms with Crippen LogP contribution in [0.3, 0.4) is 0 Å². The van der Waals surface area contributed by atoms with Gasteiger partial charge in [0, 0.05) is 12.4 Å². The van der Waals surface area contributed by atoms with E-state index in [1.165, 1.54) is 7.11 Å². The molecule has 0 aliphatic carbocycles. The van der Waals surface area contributed by atoms with Crippen molar-refractivity contribution < 1.29 is 9.53 Å². The average molecular weight is 270 g/mol. The van der Waals surface area contributed by atoms with Crippen LogP contribution >= 0.6 is 0 Å². The Morgan fingerprint density at radius 2 is 2.30 bits per heavy atom. The lowest BCUT2D eigenvalue weighted by Crippen LogP contribution is -2.04. The van der Waals surface area contributed by atoms with Crippen molar-refractivity contribution in [1.29, 1.82) is 0 Å². The molecule has 3 aromatic rings. The van der Waals surface area contributed by atoms with Gasteiger partial charge >= 0.3 is 5.97 Å². The predicted octanol–water partition coefficient (Wildman–Crippen LogP) is 2.16. The zero-order valence-corrected chi connectivity index (χ0v) is 11.2. The summed E-state index contributed by atoms with van der Waals surface area (Å²) in [5.41, 5.74) is 2.65. The maximum absolute atomic E-state index is 11.5. The second-order valence-corrected chi connectivity index (χ2v) is 4.54. The number of nitrogens with one attached hydrogen (secondary N) is 1. The first-order chi connectivity index (χ1) is 9.69. The van der Waals surface area contributed by atoms with Gasteiger partial charge in [-0.2, -0.15) is 0 Å². The van der Waals surface area contributed by atoms with Crippen LogP contribution in [-0.4, -0.2) is 32.6 Å². The van der Waals surface area contributed by atoms with Gasteiger partial charge in [0.05, 0.1) is 30.5 Å². The number of carbonyl (C=O) groups excluding carboxylic acids is 1. The molecule has 102 valence electrons. The molecular weight excluding hydrogens is 256 g/mol. The second kappa shape index (κ2) is 4.80. The summed E-state index contributed by atoms with van der Waals surface area (Å²) in [5, 5.41) is 0. The topological polar surface area (TPSA) is 72.8 Å². The van der Waals surface area contributed by atoms with Gasteiger partial charge in [-0.05, 0) is 24.6 Å². The Morgan fingerprint density at radius 1 is 1.45 bits per heavy atom. The van der Waals surface area contributed by atoms with E-state index in [2.05, 4.69) is 26.6 Å². The SMILES string of the molecule is COC(=O)c1nc2cc(C(C)n3ccnc3)ccc2[nH]1. The molecule has 0 bridgehead atoms. The minimum absolute atomic E-state index is 0.153. The molecule has 2 aromatic heterocycles. The molecule has 2 heterocycles. The van der Waals surface area contributed by atoms with Crippen molar-refractivity contribution in [3.63, 3.8) is 0 Å². The molecule has 6 nitrogen and oxygen atoms in total. The monoisotopic (exact) mass is 270 g/mol. The summed E-state index contributed by atoms with van der Waals surface area (Å²) in [6.07, 6.45) is 5.44. The third-order valence-electron chi connectivity index (χ3n) is 3.34. The van der Waals surface area contributed by atoms with Crippen LogP contribution in [0.2, 0.25) is 0 Å². The third-order valence-corrected chi connectivity index (χ3v) is 3.34. The number of benzene rings is 1. The van der Waals surface area contributed by atoms with Crippen molar-refractivity contribution in [1.82, 2.24) is 19.5 Å². The molecule has 1 unspecified atom stereocenters. The predicted molar refractivity (Wildman–Crippen MR) is 73.5 cm³/mol. The Balaban J connectivity index is 2.00. The normalized spacial score (nSPS) is 12.5. The molecule has 0 saturated carbocycles. The molecule has 0 spiro atoms. The van der Waals surface area contributed by atoms with Gasteiger partial charge in [0.15, 0.2) is 0 Å². The molecule has 0 aliphatic heterocycles. The largest absolute Gasteiger partial charge is 0.463 e. The number of nitrogens with zero attached hydrogens (tertiary/aromatic N) is 3. The molecule has 1 N–H and O–H groups in total. The van der Waals surface area contributed by atoms with Gasteiger partial charge in [0.1, 0.15) is 0 Å². The van der Waals surface area contributed by atoms with Crippen molar-refractivity contribution in [3.05, 3.63) is 48.3 Å². The maximum Gasteiger partial charge on any atom is 0.374 e. The fourth-order valence-corrected chi connectivity index (χ4v) is 2.15. The van der Waals surface area contributed by atoms with Gasteiger partial charge in [0.25, 0.3) is 0 Å². The quantitative estimate of drug-likeness (QED) is 0.740. The van der Waals surface area contributed by atoms with Crippen molar-refractivity contribution in [3.8, 4) is 0 Å². The molecule has 0 fully saturated rings. The Bertz CT molecular complexity index is 746. The number of ether oxygens (including phenoxy) is 1. The van der Waals surface area contributed by atoms with E-state index in [-0.39, 0.29) is 11.9 Å². The van der Waals surface area contributed by atoms with Crippen LogP contribution < -0.4 is 0 Å². The minimum Gasteiger partial charge on any atom is -0.463 e. The number of imidazole rings is 2. The second-order valence-electron chi connectivity index (χ2n) is 4.54. The smallest absolute Gasteiger partial charge is 0.374 e. The summed E-state index contributed by atoms with van der Waals surface area (Å²) in [5.74, 6) is -0.250. The number of hydrogen-bond acceptors (Lipinski definition) is 4. The maximum atomic E-state index is 11.5. The molecule has 6 heteroatoms. The zero-order valence-electron chi connectivity index (χ0n) is 11.2. The first kappa shape index (κ1) is 12.4. The molecule has 0 radical (unpaired) electrons. The number of aromatic amines is 1. The van der Waals surface area contributed by atoms with Crippen molar-refractivity contribution in [2.75, 3.05) is 7.11 Å². The van der Waals surface area contributed by atoms with E-state index >= 15 is 0 Å². The van der Waals surface area contributed by atoms with Gasteiger partial charge in [-0.3, -0.25) is 0 Å².